The lowest BCUT2D eigenvalue weighted by Gasteiger charge is -2.10. The van der Waals surface area contributed by atoms with Gasteiger partial charge in [0.25, 0.3) is 0 Å². The fraction of sp³-hybridized carbons (Fsp3) is 0.0526. The van der Waals surface area contributed by atoms with Crippen LogP contribution in [0.15, 0.2) is 60.7 Å². The zero-order valence-electron chi connectivity index (χ0n) is 13.0. The minimum absolute atomic E-state index is 0.474. The summed E-state index contributed by atoms with van der Waals surface area (Å²) in [6.45, 7) is 0. The van der Waals surface area contributed by atoms with Crippen molar-refractivity contribution in [3.8, 4) is 23.1 Å². The largest absolute Gasteiger partial charge is 0.497 e. The Morgan fingerprint density at radius 3 is 2.33 bits per heavy atom. The Labute approximate surface area is 145 Å². The molecule has 1 aromatic heterocycles. The Morgan fingerprint density at radius 2 is 1.71 bits per heavy atom. The van der Waals surface area contributed by atoms with Gasteiger partial charge in [-0.3, -0.25) is 0 Å². The Bertz CT molecular complexity index is 884. The average molecular weight is 336 g/mol. The third-order valence-electron chi connectivity index (χ3n) is 3.51. The van der Waals surface area contributed by atoms with Crippen molar-refractivity contribution in [3.05, 3.63) is 71.2 Å². The standard InChI is InChI=1S/C19H14ClN3O/c1-24-17-9-2-13(3-10-17)18-11-4-14(12-21)19(23-18)22-16-7-5-15(20)6-8-16/h2-11H,1H3,(H,22,23). The highest BCUT2D eigenvalue weighted by Crippen LogP contribution is 2.26. The van der Waals surface area contributed by atoms with Crippen molar-refractivity contribution in [3.63, 3.8) is 0 Å². The number of methoxy groups -OCH3 is 1. The molecule has 0 atom stereocenters. The van der Waals surface area contributed by atoms with Crippen molar-refractivity contribution < 1.29 is 4.74 Å². The van der Waals surface area contributed by atoms with Crippen LogP contribution in [0.1, 0.15) is 5.56 Å². The number of pyridine rings is 1. The molecule has 24 heavy (non-hydrogen) atoms. The smallest absolute Gasteiger partial charge is 0.149 e. The molecule has 0 aliphatic carbocycles. The van der Waals surface area contributed by atoms with Crippen molar-refractivity contribution in [2.75, 3.05) is 12.4 Å². The molecule has 0 spiro atoms. The average Bonchev–Trinajstić information content (AvgIpc) is 2.63. The number of nitriles is 1. The Hall–Kier alpha value is -3.03. The summed E-state index contributed by atoms with van der Waals surface area (Å²) in [5.41, 5.74) is 3.00. The van der Waals surface area contributed by atoms with Crippen LogP contribution in [-0.4, -0.2) is 12.1 Å². The van der Waals surface area contributed by atoms with Crippen molar-refractivity contribution in [1.82, 2.24) is 4.98 Å². The van der Waals surface area contributed by atoms with E-state index in [2.05, 4.69) is 16.4 Å². The Balaban J connectivity index is 1.95. The van der Waals surface area contributed by atoms with E-state index in [-0.39, 0.29) is 0 Å². The number of hydrogen-bond donors (Lipinski definition) is 1. The fourth-order valence-corrected chi connectivity index (χ4v) is 2.36. The van der Waals surface area contributed by atoms with E-state index in [1.165, 1.54) is 0 Å². The molecule has 0 aliphatic heterocycles. The van der Waals surface area contributed by atoms with Gasteiger partial charge < -0.3 is 10.1 Å². The zero-order valence-corrected chi connectivity index (χ0v) is 13.7. The van der Waals surface area contributed by atoms with Gasteiger partial charge in [0.05, 0.1) is 18.4 Å². The third kappa shape index (κ3) is 3.48. The van der Waals surface area contributed by atoms with E-state index in [4.69, 9.17) is 16.3 Å². The molecule has 0 aliphatic rings. The Kier molecular flexibility index (Phi) is 4.64. The highest BCUT2D eigenvalue weighted by Gasteiger charge is 2.08. The van der Waals surface area contributed by atoms with Crippen LogP contribution in [0.5, 0.6) is 5.75 Å². The fourth-order valence-electron chi connectivity index (χ4n) is 2.24. The quantitative estimate of drug-likeness (QED) is 0.726. The number of hydrogen-bond acceptors (Lipinski definition) is 4. The number of rotatable bonds is 4. The summed E-state index contributed by atoms with van der Waals surface area (Å²) < 4.78 is 5.17. The molecule has 0 unspecified atom stereocenters. The topological polar surface area (TPSA) is 57.9 Å². The molecule has 0 radical (unpaired) electrons. The lowest BCUT2D eigenvalue weighted by molar-refractivity contribution is 0.415. The van der Waals surface area contributed by atoms with E-state index in [1.54, 1.807) is 25.3 Å². The predicted octanol–water partition coefficient (Wildman–Crippen LogP) is 5.03. The van der Waals surface area contributed by atoms with Crippen molar-refractivity contribution >= 4 is 23.1 Å². The maximum Gasteiger partial charge on any atom is 0.149 e. The predicted molar refractivity (Wildman–Crippen MR) is 95.7 cm³/mol. The van der Waals surface area contributed by atoms with Gasteiger partial charge in [0.15, 0.2) is 0 Å². The summed E-state index contributed by atoms with van der Waals surface area (Å²) in [6.07, 6.45) is 0. The molecule has 0 saturated carbocycles. The highest BCUT2D eigenvalue weighted by molar-refractivity contribution is 6.30. The maximum atomic E-state index is 9.30. The summed E-state index contributed by atoms with van der Waals surface area (Å²) in [5.74, 6) is 1.29. The van der Waals surface area contributed by atoms with Crippen LogP contribution < -0.4 is 10.1 Å². The Morgan fingerprint density at radius 1 is 1.00 bits per heavy atom. The molecule has 0 saturated heterocycles. The van der Waals surface area contributed by atoms with Gasteiger partial charge in [-0.1, -0.05) is 11.6 Å². The van der Waals surface area contributed by atoms with Crippen molar-refractivity contribution in [2.24, 2.45) is 0 Å². The molecular weight excluding hydrogens is 322 g/mol. The van der Waals surface area contributed by atoms with Crippen LogP contribution in [0.2, 0.25) is 5.02 Å². The summed E-state index contributed by atoms with van der Waals surface area (Å²) >= 11 is 5.90. The van der Waals surface area contributed by atoms with E-state index in [0.717, 1.165) is 22.7 Å². The summed E-state index contributed by atoms with van der Waals surface area (Å²) in [4.78, 5) is 4.58. The van der Waals surface area contributed by atoms with E-state index >= 15 is 0 Å². The normalized spacial score (nSPS) is 10.0. The molecule has 0 bridgehead atoms. The minimum atomic E-state index is 0.474. The van der Waals surface area contributed by atoms with Crippen LogP contribution >= 0.6 is 11.6 Å². The second-order valence-corrected chi connectivity index (χ2v) is 5.50. The second kappa shape index (κ2) is 7.03. The van der Waals surface area contributed by atoms with Crippen LogP contribution in [0.4, 0.5) is 11.5 Å². The third-order valence-corrected chi connectivity index (χ3v) is 3.76. The molecule has 0 fully saturated rings. The molecule has 1 N–H and O–H groups in total. The zero-order chi connectivity index (χ0) is 16.9. The van der Waals surface area contributed by atoms with Crippen molar-refractivity contribution in [2.45, 2.75) is 0 Å². The molecule has 0 amide bonds. The first-order chi connectivity index (χ1) is 11.7. The van der Waals surface area contributed by atoms with Gasteiger partial charge in [-0.25, -0.2) is 4.98 Å². The SMILES string of the molecule is COc1ccc(-c2ccc(C#N)c(Nc3ccc(Cl)cc3)n2)cc1. The van der Waals surface area contributed by atoms with Gasteiger partial charge in [0.2, 0.25) is 0 Å². The monoisotopic (exact) mass is 335 g/mol. The second-order valence-electron chi connectivity index (χ2n) is 5.06. The number of halogens is 1. The molecule has 118 valence electrons. The van der Waals surface area contributed by atoms with E-state index in [0.29, 0.717) is 16.4 Å². The number of nitrogens with zero attached hydrogens (tertiary/aromatic N) is 2. The lowest BCUT2D eigenvalue weighted by Crippen LogP contribution is -1.98. The number of benzene rings is 2. The molecule has 3 aromatic rings. The number of ether oxygens (including phenoxy) is 1. The van der Waals surface area contributed by atoms with E-state index < -0.39 is 0 Å². The van der Waals surface area contributed by atoms with Crippen LogP contribution in [0.25, 0.3) is 11.3 Å². The van der Waals surface area contributed by atoms with Gasteiger partial charge in [-0.15, -0.1) is 0 Å². The van der Waals surface area contributed by atoms with Gasteiger partial charge in [-0.2, -0.15) is 5.26 Å². The number of anilines is 2. The minimum Gasteiger partial charge on any atom is -0.497 e. The van der Waals surface area contributed by atoms with Gasteiger partial charge in [0, 0.05) is 16.3 Å². The van der Waals surface area contributed by atoms with Crippen LogP contribution in [0.3, 0.4) is 0 Å². The van der Waals surface area contributed by atoms with Gasteiger partial charge in [0.1, 0.15) is 17.6 Å². The van der Waals surface area contributed by atoms with E-state index in [9.17, 15) is 5.26 Å². The molecule has 4 nitrogen and oxygen atoms in total. The first kappa shape index (κ1) is 15.9. The number of nitrogens with one attached hydrogen (secondary N) is 1. The summed E-state index contributed by atoms with van der Waals surface area (Å²) in [7, 11) is 1.63. The first-order valence-electron chi connectivity index (χ1n) is 7.28. The number of aromatic nitrogens is 1. The summed E-state index contributed by atoms with van der Waals surface area (Å²) in [6, 6.07) is 20.6. The van der Waals surface area contributed by atoms with Crippen LogP contribution in [0, 0.1) is 11.3 Å². The van der Waals surface area contributed by atoms with E-state index in [1.807, 2.05) is 42.5 Å². The van der Waals surface area contributed by atoms with Crippen LogP contribution in [-0.2, 0) is 0 Å². The van der Waals surface area contributed by atoms with Gasteiger partial charge in [-0.05, 0) is 60.7 Å². The van der Waals surface area contributed by atoms with Gasteiger partial charge >= 0.3 is 0 Å². The van der Waals surface area contributed by atoms with Crippen molar-refractivity contribution in [1.29, 1.82) is 5.26 Å². The summed E-state index contributed by atoms with van der Waals surface area (Å²) in [5, 5.41) is 13.1. The molecule has 5 heteroatoms. The lowest BCUT2D eigenvalue weighted by atomic mass is 10.1. The maximum absolute atomic E-state index is 9.30. The molecular formula is C19H14ClN3O. The highest BCUT2D eigenvalue weighted by atomic mass is 35.5. The first-order valence-corrected chi connectivity index (χ1v) is 7.65. The molecule has 2 aromatic carbocycles. The molecule has 3 rings (SSSR count). The molecule has 1 heterocycles.